The van der Waals surface area contributed by atoms with E-state index in [4.69, 9.17) is 4.74 Å². The van der Waals surface area contributed by atoms with Crippen LogP contribution in [0.2, 0.25) is 0 Å². The average molecular weight is 499 g/mol. The normalized spacial score (nSPS) is 10.9. The summed E-state index contributed by atoms with van der Waals surface area (Å²) < 4.78 is 6.78. The first kappa shape index (κ1) is 23.2. The molecule has 170 valence electrons. The summed E-state index contributed by atoms with van der Waals surface area (Å²) in [6.45, 7) is 4.82. The zero-order valence-corrected chi connectivity index (χ0v) is 20.8. The van der Waals surface area contributed by atoms with E-state index in [1.807, 2.05) is 29.7 Å². The van der Waals surface area contributed by atoms with E-state index in [2.05, 4.69) is 40.0 Å². The van der Waals surface area contributed by atoms with Gasteiger partial charge in [-0.2, -0.15) is 0 Å². The summed E-state index contributed by atoms with van der Waals surface area (Å²) in [6, 6.07) is 11.9. The molecule has 0 saturated carbocycles. The first-order valence-electron chi connectivity index (χ1n) is 10.2. The van der Waals surface area contributed by atoms with Crippen LogP contribution in [0, 0.1) is 6.92 Å². The Morgan fingerprint density at radius 1 is 1.15 bits per heavy atom. The maximum Gasteiger partial charge on any atom is 0.340 e. The van der Waals surface area contributed by atoms with E-state index < -0.39 is 5.97 Å². The quantitative estimate of drug-likeness (QED) is 0.252. The third-order valence-electron chi connectivity index (χ3n) is 4.97. The van der Waals surface area contributed by atoms with Gasteiger partial charge in [0.2, 0.25) is 5.91 Å². The van der Waals surface area contributed by atoms with E-state index in [-0.39, 0.29) is 11.7 Å². The molecule has 4 rings (SSSR count). The van der Waals surface area contributed by atoms with E-state index in [1.54, 1.807) is 22.8 Å². The minimum absolute atomic E-state index is 0.144. The summed E-state index contributed by atoms with van der Waals surface area (Å²) in [7, 11) is 1.31. The fourth-order valence-corrected chi connectivity index (χ4v) is 5.89. The fourth-order valence-electron chi connectivity index (χ4n) is 3.43. The Labute approximate surface area is 203 Å². The van der Waals surface area contributed by atoms with E-state index in [0.29, 0.717) is 22.3 Å². The molecule has 7 nitrogen and oxygen atoms in total. The number of methoxy groups -OCH3 is 1. The van der Waals surface area contributed by atoms with E-state index in [0.717, 1.165) is 22.5 Å². The molecule has 0 aliphatic rings. The molecule has 0 bridgehead atoms. The molecule has 3 aromatic heterocycles. The minimum atomic E-state index is -0.477. The second-order valence-electron chi connectivity index (χ2n) is 6.99. The lowest BCUT2D eigenvalue weighted by Crippen LogP contribution is -2.16. The maximum atomic E-state index is 12.5. The van der Waals surface area contributed by atoms with Crippen LogP contribution in [0.15, 0.2) is 52.3 Å². The van der Waals surface area contributed by atoms with Gasteiger partial charge in [-0.05, 0) is 30.9 Å². The van der Waals surface area contributed by atoms with Gasteiger partial charge in [0, 0.05) is 27.9 Å². The van der Waals surface area contributed by atoms with E-state index in [9.17, 15) is 9.59 Å². The lowest BCUT2D eigenvalue weighted by molar-refractivity contribution is -0.113. The van der Waals surface area contributed by atoms with Crippen molar-refractivity contribution in [2.75, 3.05) is 18.2 Å². The third kappa shape index (κ3) is 4.87. The highest BCUT2D eigenvalue weighted by atomic mass is 32.2. The maximum absolute atomic E-state index is 12.5. The fraction of sp³-hybridized carbons (Fsp3) is 0.217. The van der Waals surface area contributed by atoms with E-state index >= 15 is 0 Å². The van der Waals surface area contributed by atoms with Crippen molar-refractivity contribution in [1.29, 1.82) is 0 Å². The number of carbonyl (C=O) groups excluding carboxylic acids is 2. The number of carbonyl (C=O) groups is 2. The molecule has 33 heavy (non-hydrogen) atoms. The number of thiophene rings is 2. The molecule has 0 atom stereocenters. The van der Waals surface area contributed by atoms with Gasteiger partial charge >= 0.3 is 5.97 Å². The van der Waals surface area contributed by atoms with Gasteiger partial charge in [-0.15, -0.1) is 32.9 Å². The number of aryl methyl sites for hydroxylation is 1. The van der Waals surface area contributed by atoms with Gasteiger partial charge in [-0.3, -0.25) is 4.79 Å². The Morgan fingerprint density at radius 2 is 1.94 bits per heavy atom. The number of esters is 1. The highest BCUT2D eigenvalue weighted by Gasteiger charge is 2.21. The van der Waals surface area contributed by atoms with Gasteiger partial charge < -0.3 is 14.6 Å². The second-order valence-corrected chi connectivity index (χ2v) is 9.93. The molecule has 1 amide bonds. The number of anilines is 1. The number of thioether (sulfide) groups is 1. The predicted molar refractivity (Wildman–Crippen MR) is 134 cm³/mol. The van der Waals surface area contributed by atoms with Crippen molar-refractivity contribution in [1.82, 2.24) is 14.8 Å². The Balaban J connectivity index is 1.53. The molecule has 1 N–H and O–H groups in total. The van der Waals surface area contributed by atoms with Crippen LogP contribution in [0.5, 0.6) is 0 Å². The molecule has 0 fully saturated rings. The van der Waals surface area contributed by atoms with Crippen molar-refractivity contribution in [3.05, 3.63) is 57.6 Å². The van der Waals surface area contributed by atoms with Crippen LogP contribution in [-0.4, -0.2) is 39.5 Å². The van der Waals surface area contributed by atoms with Crippen molar-refractivity contribution >= 4 is 51.3 Å². The van der Waals surface area contributed by atoms with Crippen molar-refractivity contribution in [3.8, 4) is 22.5 Å². The SMILES string of the molecule is CCn1c(SCC(=O)Nc2sccc2C(=O)OC)nnc1-c1csc(C)c1-c1ccccc1. The van der Waals surface area contributed by atoms with Crippen LogP contribution < -0.4 is 5.32 Å². The van der Waals surface area contributed by atoms with Crippen LogP contribution in [0.1, 0.15) is 22.2 Å². The van der Waals surface area contributed by atoms with Gasteiger partial charge in [0.25, 0.3) is 0 Å². The van der Waals surface area contributed by atoms with Gasteiger partial charge in [0.15, 0.2) is 11.0 Å². The summed E-state index contributed by atoms with van der Waals surface area (Å²) in [6.07, 6.45) is 0. The van der Waals surface area contributed by atoms with Crippen molar-refractivity contribution in [2.24, 2.45) is 0 Å². The number of amides is 1. The summed E-state index contributed by atoms with van der Waals surface area (Å²) in [4.78, 5) is 25.6. The van der Waals surface area contributed by atoms with Gasteiger partial charge in [0.05, 0.1) is 18.4 Å². The minimum Gasteiger partial charge on any atom is -0.465 e. The van der Waals surface area contributed by atoms with Crippen LogP contribution in [0.3, 0.4) is 0 Å². The largest absolute Gasteiger partial charge is 0.465 e. The lowest BCUT2D eigenvalue weighted by Gasteiger charge is -2.09. The topological polar surface area (TPSA) is 86.1 Å². The van der Waals surface area contributed by atoms with Crippen LogP contribution in [-0.2, 0) is 16.1 Å². The molecule has 0 radical (unpaired) electrons. The Kier molecular flexibility index (Phi) is 7.26. The van der Waals surface area contributed by atoms with Crippen molar-refractivity contribution in [3.63, 3.8) is 0 Å². The zero-order valence-electron chi connectivity index (χ0n) is 18.3. The monoisotopic (exact) mass is 498 g/mol. The van der Waals surface area contributed by atoms with Crippen LogP contribution in [0.25, 0.3) is 22.5 Å². The molecule has 1 aromatic carbocycles. The molecule has 4 aromatic rings. The number of rotatable bonds is 8. The molecular weight excluding hydrogens is 476 g/mol. The highest BCUT2D eigenvalue weighted by molar-refractivity contribution is 7.99. The van der Waals surface area contributed by atoms with Gasteiger partial charge in [0.1, 0.15) is 5.00 Å². The lowest BCUT2D eigenvalue weighted by atomic mass is 10.0. The van der Waals surface area contributed by atoms with Gasteiger partial charge in [-0.1, -0.05) is 42.1 Å². The third-order valence-corrected chi connectivity index (χ3v) is 7.68. The highest BCUT2D eigenvalue weighted by Crippen LogP contribution is 2.39. The first-order chi connectivity index (χ1) is 16.0. The molecule has 0 saturated heterocycles. The number of benzene rings is 1. The molecule has 0 unspecified atom stereocenters. The average Bonchev–Trinajstić information content (AvgIpc) is 3.55. The number of hydrogen-bond donors (Lipinski definition) is 1. The van der Waals surface area contributed by atoms with Crippen LogP contribution >= 0.6 is 34.4 Å². The van der Waals surface area contributed by atoms with Crippen molar-refractivity contribution < 1.29 is 14.3 Å². The molecular formula is C23H22N4O3S3. The summed E-state index contributed by atoms with van der Waals surface area (Å²) >= 11 is 4.28. The van der Waals surface area contributed by atoms with E-state index in [1.165, 1.54) is 35.1 Å². The zero-order chi connectivity index (χ0) is 23.4. The first-order valence-corrected chi connectivity index (χ1v) is 12.9. The number of aromatic nitrogens is 3. The summed E-state index contributed by atoms with van der Waals surface area (Å²) in [5.74, 6) is 0.228. The summed E-state index contributed by atoms with van der Waals surface area (Å²) in [5, 5.41) is 16.6. The smallest absolute Gasteiger partial charge is 0.340 e. The second kappa shape index (κ2) is 10.3. The number of hydrogen-bond acceptors (Lipinski definition) is 8. The molecule has 0 aliphatic heterocycles. The van der Waals surface area contributed by atoms with Crippen LogP contribution in [0.4, 0.5) is 5.00 Å². The molecule has 3 heterocycles. The number of ether oxygens (including phenoxy) is 1. The Morgan fingerprint density at radius 3 is 2.67 bits per heavy atom. The van der Waals surface area contributed by atoms with Crippen molar-refractivity contribution in [2.45, 2.75) is 25.5 Å². The Bertz CT molecular complexity index is 1280. The summed E-state index contributed by atoms with van der Waals surface area (Å²) in [5.41, 5.74) is 3.68. The standard InChI is InChI=1S/C23H22N4O3S3/c1-4-27-20(17-12-32-14(2)19(17)15-8-6-5-7-9-15)25-26-23(27)33-13-18(28)24-21-16(10-11-31-21)22(29)30-3/h5-12H,4,13H2,1-3H3,(H,24,28). The molecule has 0 spiro atoms. The number of nitrogens with one attached hydrogen (secondary N) is 1. The van der Waals surface area contributed by atoms with Gasteiger partial charge in [-0.25, -0.2) is 4.79 Å². The Hall–Kier alpha value is -2.95. The molecule has 10 heteroatoms. The molecule has 0 aliphatic carbocycles. The predicted octanol–water partition coefficient (Wildman–Crippen LogP) is 5.58. The number of nitrogens with zero attached hydrogens (tertiary/aromatic N) is 3.